The van der Waals surface area contributed by atoms with E-state index in [2.05, 4.69) is 21.0 Å². The third-order valence-corrected chi connectivity index (χ3v) is 7.49. The zero-order valence-corrected chi connectivity index (χ0v) is 20.0. The van der Waals surface area contributed by atoms with Crippen LogP contribution < -0.4 is 14.9 Å². The van der Waals surface area contributed by atoms with Crippen LogP contribution in [0.1, 0.15) is 39.9 Å². The van der Waals surface area contributed by atoms with Gasteiger partial charge in [-0.3, -0.25) is 9.52 Å². The number of amides is 1. The monoisotopic (exact) mass is 463 g/mol. The number of rotatable bonds is 6. The molecule has 0 saturated carbocycles. The Morgan fingerprint density at radius 3 is 2.21 bits per heavy atom. The van der Waals surface area contributed by atoms with Gasteiger partial charge in [-0.05, 0) is 98.8 Å². The van der Waals surface area contributed by atoms with Crippen LogP contribution >= 0.6 is 0 Å². The van der Waals surface area contributed by atoms with E-state index in [9.17, 15) is 13.2 Å². The average molecular weight is 464 g/mol. The molecule has 4 rings (SSSR count). The fourth-order valence-electron chi connectivity index (χ4n) is 4.05. The standard InChI is InChI=1S/C26H29N3O3S/c1-18-6-7-19(2)25(16-18)33(31,32)28-22-10-8-21(9-11-22)26(30)27-24-13-12-23(17-20(24)3)29-14-4-5-15-29/h6-13,16-17,28H,4-5,14-15H2,1-3H3,(H,27,30). The van der Waals surface area contributed by atoms with Crippen LogP contribution in [0.5, 0.6) is 0 Å². The van der Waals surface area contributed by atoms with Crippen LogP contribution in [0.4, 0.5) is 17.1 Å². The number of benzene rings is 3. The van der Waals surface area contributed by atoms with Crippen molar-refractivity contribution >= 4 is 33.0 Å². The highest BCUT2D eigenvalue weighted by molar-refractivity contribution is 7.92. The molecule has 0 aliphatic carbocycles. The van der Waals surface area contributed by atoms with Gasteiger partial charge in [0, 0.05) is 35.7 Å². The maximum atomic E-state index is 12.8. The van der Waals surface area contributed by atoms with E-state index in [4.69, 9.17) is 0 Å². The van der Waals surface area contributed by atoms with Gasteiger partial charge in [-0.2, -0.15) is 0 Å². The minimum absolute atomic E-state index is 0.240. The second-order valence-electron chi connectivity index (χ2n) is 8.60. The normalized spacial score (nSPS) is 13.7. The highest BCUT2D eigenvalue weighted by Crippen LogP contribution is 2.26. The molecular formula is C26H29N3O3S. The largest absolute Gasteiger partial charge is 0.372 e. The summed E-state index contributed by atoms with van der Waals surface area (Å²) < 4.78 is 28.2. The summed E-state index contributed by atoms with van der Waals surface area (Å²) in [5.41, 5.74) is 5.36. The molecule has 1 aliphatic rings. The number of hydrogen-bond donors (Lipinski definition) is 2. The summed E-state index contributed by atoms with van der Waals surface area (Å²) in [6.45, 7) is 7.75. The molecule has 33 heavy (non-hydrogen) atoms. The number of sulfonamides is 1. The molecule has 3 aromatic carbocycles. The molecule has 6 nitrogen and oxygen atoms in total. The van der Waals surface area contributed by atoms with Crippen molar-refractivity contribution in [2.75, 3.05) is 28.0 Å². The van der Waals surface area contributed by atoms with Crippen molar-refractivity contribution in [1.82, 2.24) is 0 Å². The van der Waals surface area contributed by atoms with Crippen LogP contribution in [-0.2, 0) is 10.0 Å². The quantitative estimate of drug-likeness (QED) is 0.522. The summed E-state index contributed by atoms with van der Waals surface area (Å²) in [4.78, 5) is 15.4. The summed E-state index contributed by atoms with van der Waals surface area (Å²) >= 11 is 0. The Bertz CT molecular complexity index is 1280. The van der Waals surface area contributed by atoms with Crippen LogP contribution in [0.25, 0.3) is 0 Å². The number of nitrogens with zero attached hydrogens (tertiary/aromatic N) is 1. The SMILES string of the molecule is Cc1ccc(C)c(S(=O)(=O)Nc2ccc(C(=O)Nc3ccc(N4CCCC4)cc3C)cc2)c1. The van der Waals surface area contributed by atoms with Crippen molar-refractivity contribution in [3.05, 3.63) is 82.9 Å². The Labute approximate surface area is 195 Å². The Hall–Kier alpha value is -3.32. The van der Waals surface area contributed by atoms with Crippen molar-refractivity contribution in [3.63, 3.8) is 0 Å². The van der Waals surface area contributed by atoms with E-state index < -0.39 is 10.0 Å². The van der Waals surface area contributed by atoms with E-state index in [0.717, 1.165) is 29.9 Å². The van der Waals surface area contributed by atoms with Gasteiger partial charge in [0.05, 0.1) is 4.90 Å². The molecule has 0 radical (unpaired) electrons. The molecule has 1 heterocycles. The number of hydrogen-bond acceptors (Lipinski definition) is 4. The van der Waals surface area contributed by atoms with E-state index >= 15 is 0 Å². The van der Waals surface area contributed by atoms with Gasteiger partial charge >= 0.3 is 0 Å². The lowest BCUT2D eigenvalue weighted by atomic mass is 10.1. The second-order valence-corrected chi connectivity index (χ2v) is 10.3. The van der Waals surface area contributed by atoms with Gasteiger partial charge in [0.1, 0.15) is 0 Å². The Morgan fingerprint density at radius 2 is 1.55 bits per heavy atom. The fourth-order valence-corrected chi connectivity index (χ4v) is 5.44. The van der Waals surface area contributed by atoms with Gasteiger partial charge in [-0.1, -0.05) is 12.1 Å². The average Bonchev–Trinajstić information content (AvgIpc) is 3.32. The molecule has 0 atom stereocenters. The molecule has 172 valence electrons. The van der Waals surface area contributed by atoms with Crippen LogP contribution in [0.15, 0.2) is 65.6 Å². The van der Waals surface area contributed by atoms with E-state index in [1.165, 1.54) is 18.5 Å². The molecular weight excluding hydrogens is 434 g/mol. The Kier molecular flexibility index (Phi) is 6.42. The summed E-state index contributed by atoms with van der Waals surface area (Å²) in [6, 6.07) is 17.8. The fraction of sp³-hybridized carbons (Fsp3) is 0.269. The van der Waals surface area contributed by atoms with Crippen molar-refractivity contribution in [3.8, 4) is 0 Å². The van der Waals surface area contributed by atoms with Crippen LogP contribution in [0.3, 0.4) is 0 Å². The number of carbonyl (C=O) groups excluding carboxylic acids is 1. The molecule has 7 heteroatoms. The third-order valence-electron chi connectivity index (χ3n) is 5.96. The molecule has 1 saturated heterocycles. The maximum absolute atomic E-state index is 12.8. The predicted molar refractivity (Wildman–Crippen MR) is 134 cm³/mol. The topological polar surface area (TPSA) is 78.5 Å². The lowest BCUT2D eigenvalue weighted by molar-refractivity contribution is 0.102. The first-order valence-electron chi connectivity index (χ1n) is 11.1. The van der Waals surface area contributed by atoms with Gasteiger partial charge < -0.3 is 10.2 Å². The van der Waals surface area contributed by atoms with Crippen molar-refractivity contribution in [2.45, 2.75) is 38.5 Å². The van der Waals surface area contributed by atoms with Gasteiger partial charge in [0.25, 0.3) is 15.9 Å². The van der Waals surface area contributed by atoms with Gasteiger partial charge in [0.2, 0.25) is 0 Å². The minimum Gasteiger partial charge on any atom is -0.372 e. The molecule has 2 N–H and O–H groups in total. The summed E-state index contributed by atoms with van der Waals surface area (Å²) in [5, 5.41) is 2.96. The smallest absolute Gasteiger partial charge is 0.262 e. The zero-order chi connectivity index (χ0) is 23.6. The third kappa shape index (κ3) is 5.20. The summed E-state index contributed by atoms with van der Waals surface area (Å²) in [7, 11) is -3.72. The summed E-state index contributed by atoms with van der Waals surface area (Å²) in [6.07, 6.45) is 2.43. The Balaban J connectivity index is 1.44. The molecule has 0 bridgehead atoms. The van der Waals surface area contributed by atoms with Gasteiger partial charge in [0.15, 0.2) is 0 Å². The zero-order valence-electron chi connectivity index (χ0n) is 19.2. The predicted octanol–water partition coefficient (Wildman–Crippen LogP) is 5.27. The molecule has 0 spiro atoms. The molecule has 1 fully saturated rings. The number of nitrogens with one attached hydrogen (secondary N) is 2. The van der Waals surface area contributed by atoms with E-state index in [1.807, 2.05) is 32.0 Å². The second kappa shape index (κ2) is 9.27. The molecule has 1 aliphatic heterocycles. The molecule has 3 aromatic rings. The molecule has 0 aromatic heterocycles. The molecule has 1 amide bonds. The van der Waals surface area contributed by atoms with Crippen LogP contribution in [-0.4, -0.2) is 27.4 Å². The lowest BCUT2D eigenvalue weighted by Crippen LogP contribution is -2.18. The number of carbonyl (C=O) groups is 1. The Morgan fingerprint density at radius 1 is 0.848 bits per heavy atom. The highest BCUT2D eigenvalue weighted by atomic mass is 32.2. The van der Waals surface area contributed by atoms with Crippen molar-refractivity contribution in [2.24, 2.45) is 0 Å². The van der Waals surface area contributed by atoms with Crippen molar-refractivity contribution < 1.29 is 13.2 Å². The van der Waals surface area contributed by atoms with E-state index in [1.54, 1.807) is 43.3 Å². The summed E-state index contributed by atoms with van der Waals surface area (Å²) in [5.74, 6) is -0.240. The first-order valence-corrected chi connectivity index (χ1v) is 12.6. The first kappa shape index (κ1) is 22.9. The minimum atomic E-state index is -3.72. The van der Waals surface area contributed by atoms with Crippen molar-refractivity contribution in [1.29, 1.82) is 0 Å². The lowest BCUT2D eigenvalue weighted by Gasteiger charge is -2.19. The van der Waals surface area contributed by atoms with Gasteiger partial charge in [-0.25, -0.2) is 8.42 Å². The highest BCUT2D eigenvalue weighted by Gasteiger charge is 2.18. The number of aryl methyl sites for hydroxylation is 3. The molecule has 0 unspecified atom stereocenters. The maximum Gasteiger partial charge on any atom is 0.262 e. The van der Waals surface area contributed by atoms with Crippen LogP contribution in [0, 0.1) is 20.8 Å². The number of anilines is 3. The van der Waals surface area contributed by atoms with Gasteiger partial charge in [-0.15, -0.1) is 0 Å². The first-order chi connectivity index (χ1) is 15.7. The van der Waals surface area contributed by atoms with Crippen LogP contribution in [0.2, 0.25) is 0 Å². The van der Waals surface area contributed by atoms with E-state index in [0.29, 0.717) is 16.8 Å². The van der Waals surface area contributed by atoms with E-state index in [-0.39, 0.29) is 10.8 Å².